The summed E-state index contributed by atoms with van der Waals surface area (Å²) in [5.74, 6) is 0.787. The van der Waals surface area contributed by atoms with E-state index in [2.05, 4.69) is 22.8 Å². The van der Waals surface area contributed by atoms with Crippen molar-refractivity contribution in [3.05, 3.63) is 59.5 Å². The lowest BCUT2D eigenvalue weighted by atomic mass is 9.95. The van der Waals surface area contributed by atoms with Gasteiger partial charge >= 0.3 is 0 Å². The van der Waals surface area contributed by atoms with Gasteiger partial charge in [-0.25, -0.2) is 0 Å². The molecule has 0 saturated carbocycles. The Morgan fingerprint density at radius 3 is 2.89 bits per heavy atom. The number of nitrogens with one attached hydrogen (secondary N) is 2. The Balaban J connectivity index is 1.60. The predicted molar refractivity (Wildman–Crippen MR) is 71.3 cm³/mol. The van der Waals surface area contributed by atoms with E-state index in [-0.39, 0.29) is 11.9 Å². The molecule has 0 bridgehead atoms. The van der Waals surface area contributed by atoms with Crippen molar-refractivity contribution in [2.24, 2.45) is 0 Å². The Labute approximate surface area is 111 Å². The summed E-state index contributed by atoms with van der Waals surface area (Å²) in [5.41, 5.74) is 2.52. The Hall–Kier alpha value is -2.07. The summed E-state index contributed by atoms with van der Waals surface area (Å²) in [7, 11) is 0. The maximum absolute atomic E-state index is 12.1. The van der Waals surface area contributed by atoms with Crippen LogP contribution in [0.25, 0.3) is 0 Å². The zero-order chi connectivity index (χ0) is 13.1. The second kappa shape index (κ2) is 5.28. The summed E-state index contributed by atoms with van der Waals surface area (Å²) >= 11 is 0. The van der Waals surface area contributed by atoms with E-state index in [0.717, 1.165) is 18.7 Å². The quantitative estimate of drug-likeness (QED) is 0.877. The van der Waals surface area contributed by atoms with Crippen molar-refractivity contribution in [3.63, 3.8) is 0 Å². The van der Waals surface area contributed by atoms with E-state index >= 15 is 0 Å². The van der Waals surface area contributed by atoms with Gasteiger partial charge < -0.3 is 15.1 Å². The standard InChI is InChI=1S/C15H16N2O2/c18-15(17-10-13-6-3-7-19-13)14-8-11-4-1-2-5-12(11)9-16-14/h1-7,14,16H,8-10H2,(H,17,18)/t14-/m0/s1. The monoisotopic (exact) mass is 256 g/mol. The minimum atomic E-state index is -0.162. The highest BCUT2D eigenvalue weighted by molar-refractivity contribution is 5.82. The molecule has 1 aliphatic heterocycles. The van der Waals surface area contributed by atoms with Crippen LogP contribution in [0.2, 0.25) is 0 Å². The van der Waals surface area contributed by atoms with E-state index < -0.39 is 0 Å². The fourth-order valence-electron chi connectivity index (χ4n) is 2.35. The van der Waals surface area contributed by atoms with Crippen molar-refractivity contribution in [2.45, 2.75) is 25.6 Å². The molecule has 19 heavy (non-hydrogen) atoms. The van der Waals surface area contributed by atoms with E-state index in [4.69, 9.17) is 4.42 Å². The van der Waals surface area contributed by atoms with Gasteiger partial charge in [0, 0.05) is 6.54 Å². The molecule has 0 radical (unpaired) electrons. The molecular formula is C15H16N2O2. The van der Waals surface area contributed by atoms with Crippen LogP contribution in [0.5, 0.6) is 0 Å². The number of furan rings is 1. The molecule has 98 valence electrons. The number of rotatable bonds is 3. The van der Waals surface area contributed by atoms with Gasteiger partial charge in [0.1, 0.15) is 5.76 Å². The lowest BCUT2D eigenvalue weighted by Crippen LogP contribution is -2.47. The zero-order valence-electron chi connectivity index (χ0n) is 10.6. The van der Waals surface area contributed by atoms with Gasteiger partial charge in [0.25, 0.3) is 0 Å². The number of benzene rings is 1. The lowest BCUT2D eigenvalue weighted by molar-refractivity contribution is -0.123. The summed E-state index contributed by atoms with van der Waals surface area (Å²) in [4.78, 5) is 12.1. The van der Waals surface area contributed by atoms with Crippen LogP contribution in [0.1, 0.15) is 16.9 Å². The molecule has 3 rings (SSSR count). The van der Waals surface area contributed by atoms with Crippen LogP contribution in [0.15, 0.2) is 47.1 Å². The van der Waals surface area contributed by atoms with Crippen molar-refractivity contribution in [1.29, 1.82) is 0 Å². The first-order valence-corrected chi connectivity index (χ1v) is 6.43. The molecule has 2 heterocycles. The molecule has 1 amide bonds. The molecule has 0 spiro atoms. The molecular weight excluding hydrogens is 240 g/mol. The van der Waals surface area contributed by atoms with Gasteiger partial charge in [-0.1, -0.05) is 24.3 Å². The summed E-state index contributed by atoms with van der Waals surface area (Å²) in [6, 6.07) is 11.7. The average molecular weight is 256 g/mol. The number of hydrogen-bond acceptors (Lipinski definition) is 3. The van der Waals surface area contributed by atoms with Gasteiger partial charge in [0.15, 0.2) is 0 Å². The Kier molecular flexibility index (Phi) is 3.33. The summed E-state index contributed by atoms with van der Waals surface area (Å²) in [5, 5.41) is 6.15. The number of carbonyl (C=O) groups is 1. The molecule has 4 nitrogen and oxygen atoms in total. The molecule has 0 saturated heterocycles. The van der Waals surface area contributed by atoms with Gasteiger partial charge in [-0.3, -0.25) is 4.79 Å². The molecule has 2 aromatic rings. The maximum Gasteiger partial charge on any atom is 0.237 e. The van der Waals surface area contributed by atoms with Crippen molar-refractivity contribution >= 4 is 5.91 Å². The van der Waals surface area contributed by atoms with Crippen molar-refractivity contribution < 1.29 is 9.21 Å². The summed E-state index contributed by atoms with van der Waals surface area (Å²) < 4.78 is 5.19. The molecule has 4 heteroatoms. The van der Waals surface area contributed by atoms with Crippen LogP contribution < -0.4 is 10.6 Å². The first-order chi connectivity index (χ1) is 9.33. The van der Waals surface area contributed by atoms with E-state index in [9.17, 15) is 4.79 Å². The van der Waals surface area contributed by atoms with Crippen molar-refractivity contribution in [3.8, 4) is 0 Å². The minimum Gasteiger partial charge on any atom is -0.467 e. The molecule has 0 aliphatic carbocycles. The highest BCUT2D eigenvalue weighted by atomic mass is 16.3. The third-order valence-corrected chi connectivity index (χ3v) is 3.41. The number of hydrogen-bond donors (Lipinski definition) is 2. The molecule has 1 aromatic carbocycles. The van der Waals surface area contributed by atoms with Crippen LogP contribution in [-0.4, -0.2) is 11.9 Å². The molecule has 0 unspecified atom stereocenters. The molecule has 2 N–H and O–H groups in total. The second-order valence-corrected chi connectivity index (χ2v) is 4.70. The van der Waals surface area contributed by atoms with Gasteiger partial charge in [-0.2, -0.15) is 0 Å². The highest BCUT2D eigenvalue weighted by Crippen LogP contribution is 2.16. The van der Waals surface area contributed by atoms with Gasteiger partial charge in [-0.15, -0.1) is 0 Å². The summed E-state index contributed by atoms with van der Waals surface area (Å²) in [6.45, 7) is 1.18. The smallest absolute Gasteiger partial charge is 0.237 e. The van der Waals surface area contributed by atoms with Gasteiger partial charge in [0.2, 0.25) is 5.91 Å². The Morgan fingerprint density at radius 1 is 1.26 bits per heavy atom. The third kappa shape index (κ3) is 2.69. The van der Waals surface area contributed by atoms with Crippen LogP contribution in [0.4, 0.5) is 0 Å². The highest BCUT2D eigenvalue weighted by Gasteiger charge is 2.23. The van der Waals surface area contributed by atoms with E-state index in [1.54, 1.807) is 6.26 Å². The van der Waals surface area contributed by atoms with Crippen LogP contribution in [-0.2, 0) is 24.3 Å². The predicted octanol–water partition coefficient (Wildman–Crippen LogP) is 1.61. The molecule has 0 fully saturated rings. The van der Waals surface area contributed by atoms with Crippen molar-refractivity contribution in [1.82, 2.24) is 10.6 Å². The van der Waals surface area contributed by atoms with Gasteiger partial charge in [0.05, 0.1) is 18.8 Å². The third-order valence-electron chi connectivity index (χ3n) is 3.41. The second-order valence-electron chi connectivity index (χ2n) is 4.70. The lowest BCUT2D eigenvalue weighted by Gasteiger charge is -2.25. The number of carbonyl (C=O) groups excluding carboxylic acids is 1. The SMILES string of the molecule is O=C(NCc1ccco1)[C@@H]1Cc2ccccc2CN1. The Bertz CT molecular complexity index is 563. The van der Waals surface area contributed by atoms with Crippen LogP contribution in [0.3, 0.4) is 0 Å². The van der Waals surface area contributed by atoms with Crippen LogP contribution in [0, 0.1) is 0 Å². The average Bonchev–Trinajstić information content (AvgIpc) is 2.97. The first kappa shape index (κ1) is 12.0. The normalized spacial score (nSPS) is 17.8. The fraction of sp³-hybridized carbons (Fsp3) is 0.267. The molecule has 1 aliphatic rings. The first-order valence-electron chi connectivity index (χ1n) is 6.43. The Morgan fingerprint density at radius 2 is 2.11 bits per heavy atom. The molecule has 1 atom stereocenters. The number of fused-ring (bicyclic) bond motifs is 1. The van der Waals surface area contributed by atoms with E-state index in [1.807, 2.05) is 24.3 Å². The van der Waals surface area contributed by atoms with Crippen LogP contribution >= 0.6 is 0 Å². The molecule has 1 aromatic heterocycles. The topological polar surface area (TPSA) is 54.3 Å². The van der Waals surface area contributed by atoms with Crippen molar-refractivity contribution in [2.75, 3.05) is 0 Å². The van der Waals surface area contributed by atoms with E-state index in [0.29, 0.717) is 6.54 Å². The largest absolute Gasteiger partial charge is 0.467 e. The fourth-order valence-corrected chi connectivity index (χ4v) is 2.35. The van der Waals surface area contributed by atoms with E-state index in [1.165, 1.54) is 11.1 Å². The summed E-state index contributed by atoms with van der Waals surface area (Å²) in [6.07, 6.45) is 2.34. The zero-order valence-corrected chi connectivity index (χ0v) is 10.6. The minimum absolute atomic E-state index is 0.0194. The maximum atomic E-state index is 12.1. The number of amides is 1. The van der Waals surface area contributed by atoms with Gasteiger partial charge in [-0.05, 0) is 29.7 Å².